The zero-order valence-electron chi connectivity index (χ0n) is 15.7. The van der Waals surface area contributed by atoms with Crippen LogP contribution >= 0.6 is 11.6 Å². The Balaban J connectivity index is 1.87. The van der Waals surface area contributed by atoms with Gasteiger partial charge in [-0.15, -0.1) is 0 Å². The standard InChI is InChI=1S/C21H21ClN2O4/c1-3-23-20(25)12-28-18-8-5-13(10-19(18)27-4-2)9-16-15-7-6-14(22)11-17(15)24-21(16)26/h5-11H,3-4,12H2,1-2H3,(H,23,25)(H,24,26)/b16-9+. The molecule has 0 unspecified atom stereocenters. The first-order valence-corrected chi connectivity index (χ1v) is 9.39. The topological polar surface area (TPSA) is 76.7 Å². The van der Waals surface area contributed by atoms with Crippen LogP contribution in [0.15, 0.2) is 36.4 Å². The number of benzene rings is 2. The SMILES string of the molecule is CCNC(=O)COc1ccc(/C=C2/C(=O)Nc3cc(Cl)ccc32)cc1OCC. The van der Waals surface area contributed by atoms with E-state index in [1.807, 2.05) is 26.0 Å². The number of fused-ring (bicyclic) bond motifs is 1. The molecule has 2 aromatic carbocycles. The van der Waals surface area contributed by atoms with Gasteiger partial charge in [0.05, 0.1) is 12.3 Å². The molecule has 7 heteroatoms. The highest BCUT2D eigenvalue weighted by Crippen LogP contribution is 2.36. The number of hydrogen-bond donors (Lipinski definition) is 2. The van der Waals surface area contributed by atoms with E-state index in [0.717, 1.165) is 11.1 Å². The molecule has 2 aromatic rings. The number of amides is 2. The summed E-state index contributed by atoms with van der Waals surface area (Å²) < 4.78 is 11.2. The molecule has 0 aromatic heterocycles. The van der Waals surface area contributed by atoms with Crippen molar-refractivity contribution < 1.29 is 19.1 Å². The smallest absolute Gasteiger partial charge is 0.257 e. The minimum atomic E-state index is -0.200. The lowest BCUT2D eigenvalue weighted by Gasteiger charge is -2.12. The van der Waals surface area contributed by atoms with E-state index < -0.39 is 0 Å². The molecular formula is C21H21ClN2O4. The van der Waals surface area contributed by atoms with Gasteiger partial charge in [-0.3, -0.25) is 9.59 Å². The van der Waals surface area contributed by atoms with E-state index in [1.165, 1.54) is 0 Å². The average molecular weight is 401 g/mol. The third kappa shape index (κ3) is 4.46. The Morgan fingerprint density at radius 2 is 1.96 bits per heavy atom. The van der Waals surface area contributed by atoms with Crippen molar-refractivity contribution in [1.82, 2.24) is 5.32 Å². The third-order valence-electron chi connectivity index (χ3n) is 4.08. The predicted molar refractivity (Wildman–Crippen MR) is 110 cm³/mol. The maximum Gasteiger partial charge on any atom is 0.257 e. The van der Waals surface area contributed by atoms with Gasteiger partial charge in [0.25, 0.3) is 11.8 Å². The molecule has 2 N–H and O–H groups in total. The molecule has 2 amide bonds. The Labute approximate surface area is 168 Å². The molecule has 0 fully saturated rings. The van der Waals surface area contributed by atoms with Crippen molar-refractivity contribution in [1.29, 1.82) is 0 Å². The molecule has 1 aliphatic rings. The Morgan fingerprint density at radius 1 is 1.14 bits per heavy atom. The molecule has 6 nitrogen and oxygen atoms in total. The van der Waals surface area contributed by atoms with Gasteiger partial charge in [0.15, 0.2) is 18.1 Å². The van der Waals surface area contributed by atoms with E-state index in [9.17, 15) is 9.59 Å². The number of nitrogens with one attached hydrogen (secondary N) is 2. The molecule has 0 saturated heterocycles. The number of rotatable bonds is 7. The van der Waals surface area contributed by atoms with E-state index in [2.05, 4.69) is 10.6 Å². The normalized spacial score (nSPS) is 13.8. The van der Waals surface area contributed by atoms with Crippen molar-refractivity contribution in [3.8, 4) is 11.5 Å². The van der Waals surface area contributed by atoms with Crippen molar-refractivity contribution in [2.45, 2.75) is 13.8 Å². The maximum absolute atomic E-state index is 12.3. The van der Waals surface area contributed by atoms with Gasteiger partial charge in [-0.2, -0.15) is 0 Å². The van der Waals surface area contributed by atoms with E-state index in [4.69, 9.17) is 21.1 Å². The molecule has 0 saturated carbocycles. The van der Waals surface area contributed by atoms with Crippen molar-refractivity contribution in [2.75, 3.05) is 25.1 Å². The Kier molecular flexibility index (Phi) is 6.21. The summed E-state index contributed by atoms with van der Waals surface area (Å²) in [7, 11) is 0. The first kappa shape index (κ1) is 19.8. The highest BCUT2D eigenvalue weighted by atomic mass is 35.5. The quantitative estimate of drug-likeness (QED) is 0.694. The first-order valence-electron chi connectivity index (χ1n) is 9.01. The van der Waals surface area contributed by atoms with E-state index in [1.54, 1.807) is 30.3 Å². The van der Waals surface area contributed by atoms with Gasteiger partial charge in [-0.25, -0.2) is 0 Å². The first-order chi connectivity index (χ1) is 13.5. The largest absolute Gasteiger partial charge is 0.490 e. The Bertz CT molecular complexity index is 940. The fourth-order valence-electron chi connectivity index (χ4n) is 2.87. The molecule has 0 atom stereocenters. The molecule has 3 rings (SSSR count). The van der Waals surface area contributed by atoms with Gasteiger partial charge < -0.3 is 20.1 Å². The summed E-state index contributed by atoms with van der Waals surface area (Å²) in [5.74, 6) is 0.593. The highest BCUT2D eigenvalue weighted by molar-refractivity contribution is 6.36. The molecule has 0 aliphatic carbocycles. The minimum absolute atomic E-state index is 0.0924. The molecular weight excluding hydrogens is 380 g/mol. The van der Waals surface area contributed by atoms with Crippen LogP contribution in [0.4, 0.5) is 5.69 Å². The zero-order valence-corrected chi connectivity index (χ0v) is 16.4. The van der Waals surface area contributed by atoms with E-state index in [-0.39, 0.29) is 18.4 Å². The number of likely N-dealkylation sites (N-methyl/N-ethyl adjacent to an activating group) is 1. The van der Waals surface area contributed by atoms with Gasteiger partial charge in [0, 0.05) is 22.7 Å². The monoisotopic (exact) mass is 400 g/mol. The van der Waals surface area contributed by atoms with Crippen molar-refractivity contribution >= 4 is 40.8 Å². The van der Waals surface area contributed by atoms with Crippen LogP contribution in [0.2, 0.25) is 5.02 Å². The maximum atomic E-state index is 12.3. The van der Waals surface area contributed by atoms with Crippen LogP contribution in [-0.2, 0) is 9.59 Å². The number of anilines is 1. The molecule has 146 valence electrons. The van der Waals surface area contributed by atoms with Crippen LogP contribution < -0.4 is 20.1 Å². The van der Waals surface area contributed by atoms with Crippen LogP contribution in [0.25, 0.3) is 11.6 Å². The summed E-state index contributed by atoms with van der Waals surface area (Å²) in [6.45, 7) is 4.60. The second-order valence-corrected chi connectivity index (χ2v) is 6.52. The summed E-state index contributed by atoms with van der Waals surface area (Å²) >= 11 is 5.99. The summed E-state index contributed by atoms with van der Waals surface area (Å²) in [5.41, 5.74) is 2.81. The number of ether oxygens (including phenoxy) is 2. The van der Waals surface area contributed by atoms with Gasteiger partial charge >= 0.3 is 0 Å². The molecule has 0 radical (unpaired) electrons. The van der Waals surface area contributed by atoms with Crippen molar-refractivity contribution in [3.63, 3.8) is 0 Å². The number of hydrogen-bond acceptors (Lipinski definition) is 4. The lowest BCUT2D eigenvalue weighted by molar-refractivity contribution is -0.123. The van der Waals surface area contributed by atoms with Crippen molar-refractivity contribution in [3.05, 3.63) is 52.5 Å². The van der Waals surface area contributed by atoms with Gasteiger partial charge in [-0.05, 0) is 49.8 Å². The zero-order chi connectivity index (χ0) is 20.1. The molecule has 0 bridgehead atoms. The summed E-state index contributed by atoms with van der Waals surface area (Å²) in [6, 6.07) is 10.6. The fourth-order valence-corrected chi connectivity index (χ4v) is 3.04. The minimum Gasteiger partial charge on any atom is -0.490 e. The lowest BCUT2D eigenvalue weighted by Crippen LogP contribution is -2.28. The second kappa shape index (κ2) is 8.80. The van der Waals surface area contributed by atoms with Gasteiger partial charge in [0.2, 0.25) is 0 Å². The van der Waals surface area contributed by atoms with Crippen LogP contribution in [0, 0.1) is 0 Å². The summed E-state index contributed by atoms with van der Waals surface area (Å²) in [4.78, 5) is 24.0. The van der Waals surface area contributed by atoms with Crippen LogP contribution in [-0.4, -0.2) is 31.6 Å². The van der Waals surface area contributed by atoms with E-state index >= 15 is 0 Å². The number of halogens is 1. The van der Waals surface area contributed by atoms with Crippen LogP contribution in [0.5, 0.6) is 11.5 Å². The molecule has 28 heavy (non-hydrogen) atoms. The predicted octanol–water partition coefficient (Wildman–Crippen LogP) is 3.75. The third-order valence-corrected chi connectivity index (χ3v) is 4.31. The Hall–Kier alpha value is -2.99. The van der Waals surface area contributed by atoms with Gasteiger partial charge in [0.1, 0.15) is 0 Å². The number of carbonyl (C=O) groups excluding carboxylic acids is 2. The Morgan fingerprint density at radius 3 is 2.71 bits per heavy atom. The number of carbonyl (C=O) groups is 2. The summed E-state index contributed by atoms with van der Waals surface area (Å²) in [5, 5.41) is 6.05. The van der Waals surface area contributed by atoms with Crippen LogP contribution in [0.3, 0.4) is 0 Å². The molecule has 0 spiro atoms. The van der Waals surface area contributed by atoms with Crippen LogP contribution in [0.1, 0.15) is 25.0 Å². The van der Waals surface area contributed by atoms with Crippen molar-refractivity contribution in [2.24, 2.45) is 0 Å². The van der Waals surface area contributed by atoms with E-state index in [0.29, 0.717) is 40.9 Å². The summed E-state index contributed by atoms with van der Waals surface area (Å²) in [6.07, 6.45) is 1.78. The van der Waals surface area contributed by atoms with Gasteiger partial charge in [-0.1, -0.05) is 23.7 Å². The average Bonchev–Trinajstić information content (AvgIpc) is 2.96. The second-order valence-electron chi connectivity index (χ2n) is 6.08. The lowest BCUT2D eigenvalue weighted by atomic mass is 10.0. The molecule has 1 heterocycles. The fraction of sp³-hybridized carbons (Fsp3) is 0.238. The molecule has 1 aliphatic heterocycles. The highest BCUT2D eigenvalue weighted by Gasteiger charge is 2.24.